The lowest BCUT2D eigenvalue weighted by atomic mass is 10.1. The van der Waals surface area contributed by atoms with Crippen molar-refractivity contribution in [1.29, 1.82) is 0 Å². The first-order valence-corrected chi connectivity index (χ1v) is 10.4. The number of hydrogen-bond donors (Lipinski definition) is 0. The van der Waals surface area contributed by atoms with Crippen molar-refractivity contribution in [3.05, 3.63) is 58.3 Å². The number of thiophene rings is 1. The van der Waals surface area contributed by atoms with Crippen LogP contribution >= 0.6 is 11.3 Å². The first kappa shape index (κ1) is 21.2. The van der Waals surface area contributed by atoms with E-state index in [2.05, 4.69) is 13.8 Å². The highest BCUT2D eigenvalue weighted by atomic mass is 32.1. The van der Waals surface area contributed by atoms with E-state index in [9.17, 15) is 9.59 Å². The van der Waals surface area contributed by atoms with Gasteiger partial charge in [-0.15, -0.1) is 11.3 Å². The van der Waals surface area contributed by atoms with Crippen LogP contribution in [0.4, 0.5) is 0 Å². The second-order valence-corrected chi connectivity index (χ2v) is 8.61. The van der Waals surface area contributed by atoms with E-state index in [1.54, 1.807) is 16.2 Å². The highest BCUT2D eigenvalue weighted by Gasteiger charge is 2.24. The molecule has 0 spiro atoms. The molecular formula is C22H30N2O2S. The average Bonchev–Trinajstić information content (AvgIpc) is 3.13. The van der Waals surface area contributed by atoms with Crippen LogP contribution in [-0.2, 0) is 22.7 Å². The van der Waals surface area contributed by atoms with Gasteiger partial charge >= 0.3 is 0 Å². The Balaban J connectivity index is 2.16. The molecule has 1 aromatic heterocycles. The van der Waals surface area contributed by atoms with E-state index in [4.69, 9.17) is 0 Å². The van der Waals surface area contributed by atoms with Crippen molar-refractivity contribution in [2.45, 2.75) is 40.8 Å². The molecule has 2 aromatic rings. The van der Waals surface area contributed by atoms with E-state index < -0.39 is 0 Å². The maximum Gasteiger partial charge on any atom is 0.242 e. The van der Waals surface area contributed by atoms with Gasteiger partial charge in [-0.1, -0.05) is 64.1 Å². The molecule has 0 saturated carbocycles. The molecule has 0 unspecified atom stereocenters. The summed E-state index contributed by atoms with van der Waals surface area (Å²) >= 11 is 1.65. The van der Waals surface area contributed by atoms with Gasteiger partial charge in [-0.3, -0.25) is 9.59 Å². The number of carbonyl (C=O) groups excluding carboxylic acids is 2. The molecule has 0 aliphatic carbocycles. The van der Waals surface area contributed by atoms with Crippen molar-refractivity contribution < 1.29 is 9.59 Å². The van der Waals surface area contributed by atoms with Crippen molar-refractivity contribution in [2.75, 3.05) is 13.1 Å². The van der Waals surface area contributed by atoms with Gasteiger partial charge in [-0.05, 0) is 22.9 Å². The molecule has 0 N–H and O–H groups in total. The van der Waals surface area contributed by atoms with Gasteiger partial charge in [0.25, 0.3) is 0 Å². The Morgan fingerprint density at radius 1 is 0.926 bits per heavy atom. The molecular weight excluding hydrogens is 356 g/mol. The van der Waals surface area contributed by atoms with Crippen LogP contribution in [0.15, 0.2) is 47.8 Å². The molecule has 0 aliphatic heterocycles. The molecule has 0 fully saturated rings. The van der Waals surface area contributed by atoms with Crippen LogP contribution in [0.5, 0.6) is 0 Å². The summed E-state index contributed by atoms with van der Waals surface area (Å²) in [5.41, 5.74) is 1.09. The maximum absolute atomic E-state index is 13.1. The Labute approximate surface area is 166 Å². The zero-order valence-corrected chi connectivity index (χ0v) is 17.5. The number of nitrogens with zero attached hydrogens (tertiary/aromatic N) is 2. The lowest BCUT2D eigenvalue weighted by Gasteiger charge is -2.29. The lowest BCUT2D eigenvalue weighted by molar-refractivity contribution is -0.143. The van der Waals surface area contributed by atoms with Crippen molar-refractivity contribution in [3.8, 4) is 0 Å². The maximum atomic E-state index is 13.1. The van der Waals surface area contributed by atoms with Gasteiger partial charge < -0.3 is 9.80 Å². The summed E-state index contributed by atoms with van der Waals surface area (Å²) in [6.45, 7) is 9.74. The molecule has 0 radical (unpaired) electrons. The number of rotatable bonds is 9. The molecule has 2 amide bonds. The fourth-order valence-electron chi connectivity index (χ4n) is 2.93. The summed E-state index contributed by atoms with van der Waals surface area (Å²) in [5, 5.41) is 2.02. The second-order valence-electron chi connectivity index (χ2n) is 7.58. The van der Waals surface area contributed by atoms with E-state index in [0.717, 1.165) is 10.4 Å². The third-order valence-electron chi connectivity index (χ3n) is 4.21. The third-order valence-corrected chi connectivity index (χ3v) is 5.07. The molecule has 1 heterocycles. The van der Waals surface area contributed by atoms with Crippen LogP contribution in [0.3, 0.4) is 0 Å². The largest absolute Gasteiger partial charge is 0.333 e. The summed E-state index contributed by atoms with van der Waals surface area (Å²) in [4.78, 5) is 30.4. The minimum atomic E-state index is -0.114. The molecule has 5 heteroatoms. The number of benzene rings is 1. The van der Waals surface area contributed by atoms with Crippen molar-refractivity contribution in [2.24, 2.45) is 11.8 Å². The Morgan fingerprint density at radius 2 is 1.63 bits per heavy atom. The molecule has 0 atom stereocenters. The summed E-state index contributed by atoms with van der Waals surface area (Å²) in [5.74, 6) is 0.228. The Bertz CT molecular complexity index is 711. The van der Waals surface area contributed by atoms with Gasteiger partial charge in [-0.2, -0.15) is 0 Å². The Hall–Kier alpha value is -2.14. The van der Waals surface area contributed by atoms with Crippen LogP contribution in [0.1, 0.15) is 38.1 Å². The second kappa shape index (κ2) is 10.3. The van der Waals surface area contributed by atoms with Crippen molar-refractivity contribution in [1.82, 2.24) is 9.80 Å². The molecule has 27 heavy (non-hydrogen) atoms. The van der Waals surface area contributed by atoms with Crippen LogP contribution in [0.2, 0.25) is 0 Å². The molecule has 146 valence electrons. The fraction of sp³-hybridized carbons (Fsp3) is 0.455. The minimum Gasteiger partial charge on any atom is -0.333 e. The predicted octanol–water partition coefficient (Wildman–Crippen LogP) is 4.42. The van der Waals surface area contributed by atoms with Gasteiger partial charge in [0.1, 0.15) is 0 Å². The first-order chi connectivity index (χ1) is 12.9. The van der Waals surface area contributed by atoms with E-state index in [1.165, 1.54) is 0 Å². The monoisotopic (exact) mass is 386 g/mol. The van der Waals surface area contributed by atoms with E-state index in [0.29, 0.717) is 25.6 Å². The van der Waals surface area contributed by atoms with E-state index in [1.807, 2.05) is 66.6 Å². The standard InChI is InChI=1S/C22H30N2O2S/c1-17(2)13-24(22(26)18(3)4)16-21(25)23(15-20-11-8-12-27-20)14-19-9-6-5-7-10-19/h5-12,17-18H,13-16H2,1-4H3. The van der Waals surface area contributed by atoms with Gasteiger partial charge in [0.05, 0.1) is 13.1 Å². The molecule has 0 bridgehead atoms. The van der Waals surface area contributed by atoms with Crippen LogP contribution in [0, 0.1) is 11.8 Å². The minimum absolute atomic E-state index is 0.0121. The summed E-state index contributed by atoms with van der Waals surface area (Å²) in [7, 11) is 0. The number of amides is 2. The normalized spacial score (nSPS) is 11.0. The number of carbonyl (C=O) groups is 2. The summed E-state index contributed by atoms with van der Waals surface area (Å²) in [6, 6.07) is 14.0. The Kier molecular flexibility index (Phi) is 8.04. The van der Waals surface area contributed by atoms with E-state index in [-0.39, 0.29) is 24.3 Å². The average molecular weight is 387 g/mol. The first-order valence-electron chi connectivity index (χ1n) is 9.49. The van der Waals surface area contributed by atoms with Crippen LogP contribution in [-0.4, -0.2) is 34.7 Å². The summed E-state index contributed by atoms with van der Waals surface area (Å²) in [6.07, 6.45) is 0. The van der Waals surface area contributed by atoms with Gasteiger partial charge in [0, 0.05) is 23.9 Å². The van der Waals surface area contributed by atoms with Gasteiger partial charge in [-0.25, -0.2) is 0 Å². The van der Waals surface area contributed by atoms with E-state index >= 15 is 0 Å². The summed E-state index contributed by atoms with van der Waals surface area (Å²) < 4.78 is 0. The Morgan fingerprint density at radius 3 is 2.19 bits per heavy atom. The molecule has 0 saturated heterocycles. The quantitative estimate of drug-likeness (QED) is 0.640. The van der Waals surface area contributed by atoms with Crippen molar-refractivity contribution >= 4 is 23.2 Å². The smallest absolute Gasteiger partial charge is 0.242 e. The fourth-order valence-corrected chi connectivity index (χ4v) is 3.65. The molecule has 4 nitrogen and oxygen atoms in total. The SMILES string of the molecule is CC(C)CN(CC(=O)N(Cc1ccccc1)Cc1cccs1)C(=O)C(C)C. The highest BCUT2D eigenvalue weighted by molar-refractivity contribution is 7.09. The van der Waals surface area contributed by atoms with Gasteiger partial charge in [0.2, 0.25) is 11.8 Å². The molecule has 1 aromatic carbocycles. The molecule has 0 aliphatic rings. The lowest BCUT2D eigenvalue weighted by Crippen LogP contribution is -2.45. The predicted molar refractivity (Wildman–Crippen MR) is 111 cm³/mol. The zero-order chi connectivity index (χ0) is 19.8. The van der Waals surface area contributed by atoms with Gasteiger partial charge in [0.15, 0.2) is 0 Å². The number of hydrogen-bond acceptors (Lipinski definition) is 3. The molecule has 2 rings (SSSR count). The van der Waals surface area contributed by atoms with Crippen molar-refractivity contribution in [3.63, 3.8) is 0 Å². The highest BCUT2D eigenvalue weighted by Crippen LogP contribution is 2.16. The topological polar surface area (TPSA) is 40.6 Å². The third kappa shape index (κ3) is 6.83. The zero-order valence-electron chi connectivity index (χ0n) is 16.7. The van der Waals surface area contributed by atoms with Crippen LogP contribution in [0.25, 0.3) is 0 Å². The van der Waals surface area contributed by atoms with Crippen LogP contribution < -0.4 is 0 Å².